The summed E-state index contributed by atoms with van der Waals surface area (Å²) in [6.45, 7) is 0. The molecule has 20 heavy (non-hydrogen) atoms. The van der Waals surface area contributed by atoms with E-state index in [-0.39, 0.29) is 5.91 Å². The number of methoxy groups -OCH3 is 1. The van der Waals surface area contributed by atoms with Crippen LogP contribution in [0.3, 0.4) is 0 Å². The van der Waals surface area contributed by atoms with Gasteiger partial charge >= 0.3 is 0 Å². The Bertz CT molecular complexity index is 614. The molecule has 0 radical (unpaired) electrons. The lowest BCUT2D eigenvalue weighted by atomic mass is 10.1. The van der Waals surface area contributed by atoms with E-state index >= 15 is 0 Å². The van der Waals surface area contributed by atoms with Gasteiger partial charge in [0.25, 0.3) is 5.91 Å². The molecule has 0 spiro atoms. The third kappa shape index (κ3) is 3.52. The van der Waals surface area contributed by atoms with Crippen molar-refractivity contribution in [2.45, 2.75) is 5.33 Å². The first-order valence-corrected chi connectivity index (χ1v) is 7.44. The number of rotatable bonds is 4. The SMILES string of the molecule is COc1cc(Cl)ccc1C(=O)Nc1ccc(CBr)cc1. The van der Waals surface area contributed by atoms with Crippen molar-refractivity contribution >= 4 is 39.1 Å². The fraction of sp³-hybridized carbons (Fsp3) is 0.133. The van der Waals surface area contributed by atoms with Gasteiger partial charge in [-0.2, -0.15) is 0 Å². The van der Waals surface area contributed by atoms with E-state index in [4.69, 9.17) is 16.3 Å². The van der Waals surface area contributed by atoms with Gasteiger partial charge in [-0.15, -0.1) is 0 Å². The fourth-order valence-corrected chi connectivity index (χ4v) is 2.26. The number of benzene rings is 2. The molecule has 0 atom stereocenters. The minimum absolute atomic E-state index is 0.231. The summed E-state index contributed by atoms with van der Waals surface area (Å²) in [4.78, 5) is 12.2. The zero-order chi connectivity index (χ0) is 14.5. The molecule has 0 aromatic heterocycles. The van der Waals surface area contributed by atoms with Crippen LogP contribution in [0, 0.1) is 0 Å². The van der Waals surface area contributed by atoms with Crippen molar-refractivity contribution in [3.63, 3.8) is 0 Å². The third-order valence-electron chi connectivity index (χ3n) is 2.77. The van der Waals surface area contributed by atoms with Crippen molar-refractivity contribution < 1.29 is 9.53 Å². The predicted octanol–water partition coefficient (Wildman–Crippen LogP) is 4.50. The molecule has 5 heteroatoms. The molecule has 0 saturated heterocycles. The number of amides is 1. The molecule has 0 bridgehead atoms. The Morgan fingerprint density at radius 3 is 2.55 bits per heavy atom. The Morgan fingerprint density at radius 1 is 1.25 bits per heavy atom. The Morgan fingerprint density at radius 2 is 1.95 bits per heavy atom. The Hall–Kier alpha value is -1.52. The summed E-state index contributed by atoms with van der Waals surface area (Å²) in [6, 6.07) is 12.5. The molecule has 0 heterocycles. The quantitative estimate of drug-likeness (QED) is 0.821. The average Bonchev–Trinajstić information content (AvgIpc) is 2.47. The minimum Gasteiger partial charge on any atom is -0.496 e. The maximum atomic E-state index is 12.2. The lowest BCUT2D eigenvalue weighted by Gasteiger charge is -2.10. The van der Waals surface area contributed by atoms with Crippen LogP contribution in [0.1, 0.15) is 15.9 Å². The number of hydrogen-bond donors (Lipinski definition) is 1. The Kier molecular flexibility index (Phi) is 5.04. The minimum atomic E-state index is -0.231. The van der Waals surface area contributed by atoms with Crippen molar-refractivity contribution in [3.8, 4) is 5.75 Å². The maximum absolute atomic E-state index is 12.2. The molecule has 104 valence electrons. The third-order valence-corrected chi connectivity index (χ3v) is 3.66. The molecule has 2 aromatic carbocycles. The predicted molar refractivity (Wildman–Crippen MR) is 85.0 cm³/mol. The van der Waals surface area contributed by atoms with Crippen LogP contribution in [0.25, 0.3) is 0 Å². The zero-order valence-electron chi connectivity index (χ0n) is 10.8. The van der Waals surface area contributed by atoms with Gasteiger partial charge in [-0.3, -0.25) is 4.79 Å². The number of alkyl halides is 1. The van der Waals surface area contributed by atoms with Gasteiger partial charge in [-0.05, 0) is 35.9 Å². The monoisotopic (exact) mass is 353 g/mol. The molecule has 0 unspecified atom stereocenters. The lowest BCUT2D eigenvalue weighted by Crippen LogP contribution is -2.13. The molecule has 0 saturated carbocycles. The van der Waals surface area contributed by atoms with Crippen LogP contribution in [-0.2, 0) is 5.33 Å². The summed E-state index contributed by atoms with van der Waals surface area (Å²) < 4.78 is 5.17. The van der Waals surface area contributed by atoms with Gasteiger partial charge in [0.05, 0.1) is 12.7 Å². The van der Waals surface area contributed by atoms with Crippen LogP contribution in [0.4, 0.5) is 5.69 Å². The van der Waals surface area contributed by atoms with E-state index in [0.717, 1.165) is 16.6 Å². The highest BCUT2D eigenvalue weighted by molar-refractivity contribution is 9.08. The molecule has 0 fully saturated rings. The van der Waals surface area contributed by atoms with Gasteiger partial charge in [0.15, 0.2) is 0 Å². The first-order chi connectivity index (χ1) is 9.63. The first kappa shape index (κ1) is 14.9. The molecule has 0 aliphatic rings. The number of nitrogens with one attached hydrogen (secondary N) is 1. The normalized spacial score (nSPS) is 10.2. The molecular weight excluding hydrogens is 342 g/mol. The van der Waals surface area contributed by atoms with E-state index in [1.54, 1.807) is 18.2 Å². The van der Waals surface area contributed by atoms with Gasteiger partial charge < -0.3 is 10.1 Å². The molecule has 2 aromatic rings. The van der Waals surface area contributed by atoms with Crippen LogP contribution >= 0.6 is 27.5 Å². The molecule has 1 N–H and O–H groups in total. The fourth-order valence-electron chi connectivity index (χ4n) is 1.73. The van der Waals surface area contributed by atoms with Gasteiger partial charge in [-0.25, -0.2) is 0 Å². The van der Waals surface area contributed by atoms with Crippen LogP contribution in [0.15, 0.2) is 42.5 Å². The van der Waals surface area contributed by atoms with Gasteiger partial charge in [0, 0.05) is 16.0 Å². The second-order valence-electron chi connectivity index (χ2n) is 4.13. The maximum Gasteiger partial charge on any atom is 0.259 e. The van der Waals surface area contributed by atoms with Crippen LogP contribution in [0.2, 0.25) is 5.02 Å². The number of ether oxygens (including phenoxy) is 1. The lowest BCUT2D eigenvalue weighted by molar-refractivity contribution is 0.102. The molecular formula is C15H13BrClNO2. The number of carbonyl (C=O) groups is 1. The number of anilines is 1. The zero-order valence-corrected chi connectivity index (χ0v) is 13.2. The van der Waals surface area contributed by atoms with Crippen molar-refractivity contribution in [2.75, 3.05) is 12.4 Å². The molecule has 2 rings (SSSR count). The van der Waals surface area contributed by atoms with Gasteiger partial charge in [0.2, 0.25) is 0 Å². The van der Waals surface area contributed by atoms with E-state index in [1.165, 1.54) is 7.11 Å². The molecule has 3 nitrogen and oxygen atoms in total. The summed E-state index contributed by atoms with van der Waals surface area (Å²) in [7, 11) is 1.51. The number of hydrogen-bond acceptors (Lipinski definition) is 2. The summed E-state index contributed by atoms with van der Waals surface area (Å²) in [5, 5.41) is 4.14. The second kappa shape index (κ2) is 6.77. The van der Waals surface area contributed by atoms with E-state index < -0.39 is 0 Å². The van der Waals surface area contributed by atoms with E-state index in [1.807, 2.05) is 24.3 Å². The molecule has 1 amide bonds. The van der Waals surface area contributed by atoms with E-state index in [0.29, 0.717) is 16.3 Å². The highest BCUT2D eigenvalue weighted by atomic mass is 79.9. The molecule has 0 aliphatic heterocycles. The van der Waals surface area contributed by atoms with Crippen LogP contribution in [-0.4, -0.2) is 13.0 Å². The van der Waals surface area contributed by atoms with Crippen LogP contribution in [0.5, 0.6) is 5.75 Å². The van der Waals surface area contributed by atoms with Crippen molar-refractivity contribution in [2.24, 2.45) is 0 Å². The Balaban J connectivity index is 2.19. The van der Waals surface area contributed by atoms with Crippen molar-refractivity contribution in [3.05, 3.63) is 58.6 Å². The summed E-state index contributed by atoms with van der Waals surface area (Å²) in [5.74, 6) is 0.220. The van der Waals surface area contributed by atoms with Crippen molar-refractivity contribution in [1.29, 1.82) is 0 Å². The average molecular weight is 355 g/mol. The summed E-state index contributed by atoms with van der Waals surface area (Å²) in [6.07, 6.45) is 0. The standard InChI is InChI=1S/C15H13BrClNO2/c1-20-14-8-11(17)4-7-13(14)15(19)18-12-5-2-10(9-16)3-6-12/h2-8H,9H2,1H3,(H,18,19). The number of carbonyl (C=O) groups excluding carboxylic acids is 1. The highest BCUT2D eigenvalue weighted by Gasteiger charge is 2.12. The number of halogens is 2. The van der Waals surface area contributed by atoms with Crippen molar-refractivity contribution in [1.82, 2.24) is 0 Å². The first-order valence-electron chi connectivity index (χ1n) is 5.94. The van der Waals surface area contributed by atoms with Gasteiger partial charge in [0.1, 0.15) is 5.75 Å². The highest BCUT2D eigenvalue weighted by Crippen LogP contribution is 2.24. The Labute approximate surface area is 131 Å². The largest absolute Gasteiger partial charge is 0.496 e. The van der Waals surface area contributed by atoms with Crippen LogP contribution < -0.4 is 10.1 Å². The molecule has 0 aliphatic carbocycles. The summed E-state index contributed by atoms with van der Waals surface area (Å²) >= 11 is 9.26. The van der Waals surface area contributed by atoms with Gasteiger partial charge in [-0.1, -0.05) is 39.7 Å². The van der Waals surface area contributed by atoms with E-state index in [9.17, 15) is 4.79 Å². The summed E-state index contributed by atoms with van der Waals surface area (Å²) in [5.41, 5.74) is 2.32. The smallest absolute Gasteiger partial charge is 0.259 e. The van der Waals surface area contributed by atoms with E-state index in [2.05, 4.69) is 21.2 Å². The topological polar surface area (TPSA) is 38.3 Å². The second-order valence-corrected chi connectivity index (χ2v) is 5.13.